The molecule has 0 aromatic heterocycles. The van der Waals surface area contributed by atoms with Crippen molar-refractivity contribution in [3.05, 3.63) is 60.2 Å². The van der Waals surface area contributed by atoms with Gasteiger partial charge in [-0.2, -0.15) is 0 Å². The Morgan fingerprint density at radius 1 is 1.00 bits per heavy atom. The van der Waals surface area contributed by atoms with Gasteiger partial charge in [0.1, 0.15) is 18.5 Å². The molecule has 0 amide bonds. The summed E-state index contributed by atoms with van der Waals surface area (Å²) in [5.41, 5.74) is 2.44. The summed E-state index contributed by atoms with van der Waals surface area (Å²) in [5.74, 6) is 0.822. The smallest absolute Gasteiger partial charge is 0.119 e. The van der Waals surface area contributed by atoms with E-state index in [0.717, 1.165) is 31.9 Å². The van der Waals surface area contributed by atoms with Gasteiger partial charge in [-0.25, -0.2) is 0 Å². The number of rotatable bonds is 6. The summed E-state index contributed by atoms with van der Waals surface area (Å²) in [4.78, 5) is 4.70. The lowest BCUT2D eigenvalue weighted by molar-refractivity contribution is 0.0663. The Labute approximate surface area is 156 Å². The number of aliphatic hydroxyl groups is 1. The number of β-amino-alcohol motifs (C(OH)–C–C–N with tert-alkyl or cyclic N) is 1. The molecular formula is C20H27ClN2O2. The normalized spacial score (nSPS) is 16.2. The lowest BCUT2D eigenvalue weighted by atomic mass is 10.2. The molecule has 0 spiro atoms. The van der Waals surface area contributed by atoms with Gasteiger partial charge in [0.25, 0.3) is 0 Å². The highest BCUT2D eigenvalue weighted by atomic mass is 35.5. The Kier molecular flexibility index (Phi) is 7.56. The molecule has 2 aromatic carbocycles. The first-order valence-electron chi connectivity index (χ1n) is 8.60. The molecule has 0 bridgehead atoms. The highest BCUT2D eigenvalue weighted by Gasteiger charge is 2.19. The van der Waals surface area contributed by atoms with E-state index < -0.39 is 6.10 Å². The van der Waals surface area contributed by atoms with E-state index in [1.165, 1.54) is 11.3 Å². The highest BCUT2D eigenvalue weighted by Crippen LogP contribution is 2.16. The van der Waals surface area contributed by atoms with Crippen LogP contribution in [-0.2, 0) is 0 Å². The molecule has 0 radical (unpaired) electrons. The van der Waals surface area contributed by atoms with Crippen molar-refractivity contribution >= 4 is 18.1 Å². The van der Waals surface area contributed by atoms with Crippen LogP contribution in [0.15, 0.2) is 54.6 Å². The minimum Gasteiger partial charge on any atom is -0.491 e. The van der Waals surface area contributed by atoms with Gasteiger partial charge < -0.3 is 14.7 Å². The summed E-state index contributed by atoms with van der Waals surface area (Å²) in [6, 6.07) is 18.4. The minimum absolute atomic E-state index is 0. The van der Waals surface area contributed by atoms with Gasteiger partial charge in [-0.05, 0) is 36.8 Å². The third kappa shape index (κ3) is 5.92. The Hall–Kier alpha value is -1.75. The molecule has 1 fully saturated rings. The third-order valence-electron chi connectivity index (χ3n) is 4.39. The number of ether oxygens (including phenoxy) is 1. The zero-order valence-electron chi connectivity index (χ0n) is 14.7. The van der Waals surface area contributed by atoms with Crippen molar-refractivity contribution < 1.29 is 9.84 Å². The molecule has 25 heavy (non-hydrogen) atoms. The molecule has 1 N–H and O–H groups in total. The molecular weight excluding hydrogens is 336 g/mol. The Bertz CT molecular complexity index is 631. The van der Waals surface area contributed by atoms with Gasteiger partial charge in [-0.3, -0.25) is 4.90 Å². The molecule has 1 atom stereocenters. The van der Waals surface area contributed by atoms with E-state index in [2.05, 4.69) is 34.1 Å². The van der Waals surface area contributed by atoms with Gasteiger partial charge in [0.05, 0.1) is 0 Å². The number of nitrogens with zero attached hydrogens (tertiary/aromatic N) is 2. The van der Waals surface area contributed by atoms with E-state index in [1.54, 1.807) is 0 Å². The average molecular weight is 363 g/mol. The number of piperazine rings is 1. The monoisotopic (exact) mass is 362 g/mol. The lowest BCUT2D eigenvalue weighted by Crippen LogP contribution is -2.49. The molecule has 1 unspecified atom stereocenters. The fourth-order valence-corrected chi connectivity index (χ4v) is 3.08. The van der Waals surface area contributed by atoms with Gasteiger partial charge in [-0.1, -0.05) is 30.3 Å². The molecule has 136 valence electrons. The maximum Gasteiger partial charge on any atom is 0.119 e. The summed E-state index contributed by atoms with van der Waals surface area (Å²) in [5, 5.41) is 10.2. The van der Waals surface area contributed by atoms with Crippen molar-refractivity contribution in [2.45, 2.75) is 13.0 Å². The summed E-state index contributed by atoms with van der Waals surface area (Å²) in [6.07, 6.45) is -0.464. The van der Waals surface area contributed by atoms with Crippen molar-refractivity contribution in [1.82, 2.24) is 4.90 Å². The number of halogens is 1. The van der Waals surface area contributed by atoms with Gasteiger partial charge >= 0.3 is 0 Å². The van der Waals surface area contributed by atoms with Gasteiger partial charge in [-0.15, -0.1) is 12.4 Å². The van der Waals surface area contributed by atoms with Crippen molar-refractivity contribution in [1.29, 1.82) is 0 Å². The molecule has 5 heteroatoms. The van der Waals surface area contributed by atoms with Crippen LogP contribution in [0.4, 0.5) is 5.69 Å². The van der Waals surface area contributed by atoms with E-state index >= 15 is 0 Å². The largest absolute Gasteiger partial charge is 0.491 e. The molecule has 1 heterocycles. The summed E-state index contributed by atoms with van der Waals surface area (Å²) in [7, 11) is 0. The molecule has 0 saturated carbocycles. The molecule has 0 aliphatic carbocycles. The number of aryl methyl sites for hydroxylation is 1. The zero-order chi connectivity index (χ0) is 16.8. The fraction of sp³-hybridized carbons (Fsp3) is 0.400. The maximum atomic E-state index is 10.2. The molecule has 1 saturated heterocycles. The highest BCUT2D eigenvalue weighted by molar-refractivity contribution is 5.85. The first-order valence-corrected chi connectivity index (χ1v) is 8.60. The van der Waals surface area contributed by atoms with Crippen LogP contribution in [0.3, 0.4) is 0 Å². The van der Waals surface area contributed by atoms with E-state index in [0.29, 0.717) is 13.2 Å². The van der Waals surface area contributed by atoms with Gasteiger partial charge in [0.2, 0.25) is 0 Å². The lowest BCUT2D eigenvalue weighted by Gasteiger charge is -2.36. The molecule has 2 aromatic rings. The molecule has 1 aliphatic heterocycles. The van der Waals surface area contributed by atoms with Crippen LogP contribution in [-0.4, -0.2) is 55.4 Å². The molecule has 3 rings (SSSR count). The average Bonchev–Trinajstić information content (AvgIpc) is 2.61. The van der Waals surface area contributed by atoms with Crippen LogP contribution < -0.4 is 9.64 Å². The maximum absolute atomic E-state index is 10.2. The standard InChI is InChI=1S/C20H26N2O2.ClH/c1-17-6-5-9-20(14-17)24-16-19(23)15-21-10-12-22(13-11-21)18-7-3-2-4-8-18;/h2-9,14,19,23H,10-13,15-16H2,1H3;1H. The van der Waals surface area contributed by atoms with Crippen molar-refractivity contribution in [3.63, 3.8) is 0 Å². The quantitative estimate of drug-likeness (QED) is 0.857. The first kappa shape index (κ1) is 19.6. The predicted molar refractivity (Wildman–Crippen MR) is 105 cm³/mol. The van der Waals surface area contributed by atoms with Crippen LogP contribution in [0.1, 0.15) is 5.56 Å². The van der Waals surface area contributed by atoms with Crippen LogP contribution in [0, 0.1) is 6.92 Å². The van der Waals surface area contributed by atoms with E-state index in [1.807, 2.05) is 37.3 Å². The van der Waals surface area contributed by atoms with E-state index in [9.17, 15) is 5.11 Å². The second kappa shape index (κ2) is 9.66. The number of hydrogen-bond donors (Lipinski definition) is 1. The SMILES string of the molecule is Cc1cccc(OCC(O)CN2CCN(c3ccccc3)CC2)c1.Cl. The minimum atomic E-state index is -0.464. The second-order valence-corrected chi connectivity index (χ2v) is 6.40. The van der Waals surface area contributed by atoms with Crippen molar-refractivity contribution in [2.75, 3.05) is 44.2 Å². The Morgan fingerprint density at radius 2 is 1.72 bits per heavy atom. The van der Waals surface area contributed by atoms with Gasteiger partial charge in [0.15, 0.2) is 0 Å². The van der Waals surface area contributed by atoms with Crippen LogP contribution in [0.2, 0.25) is 0 Å². The summed E-state index contributed by atoms with van der Waals surface area (Å²) < 4.78 is 5.69. The van der Waals surface area contributed by atoms with Crippen LogP contribution in [0.25, 0.3) is 0 Å². The summed E-state index contributed by atoms with van der Waals surface area (Å²) in [6.45, 7) is 6.96. The van der Waals surface area contributed by atoms with Crippen LogP contribution >= 0.6 is 12.4 Å². The van der Waals surface area contributed by atoms with E-state index in [4.69, 9.17) is 4.74 Å². The second-order valence-electron chi connectivity index (χ2n) is 6.40. The predicted octanol–water partition coefficient (Wildman–Crippen LogP) is 2.98. The number of benzene rings is 2. The topological polar surface area (TPSA) is 35.9 Å². The van der Waals surface area contributed by atoms with Crippen molar-refractivity contribution in [2.24, 2.45) is 0 Å². The fourth-order valence-electron chi connectivity index (χ4n) is 3.08. The van der Waals surface area contributed by atoms with E-state index in [-0.39, 0.29) is 12.4 Å². The number of anilines is 1. The zero-order valence-corrected chi connectivity index (χ0v) is 15.5. The summed E-state index contributed by atoms with van der Waals surface area (Å²) >= 11 is 0. The number of para-hydroxylation sites is 1. The molecule has 1 aliphatic rings. The first-order chi connectivity index (χ1) is 11.7. The Morgan fingerprint density at radius 3 is 2.40 bits per heavy atom. The van der Waals surface area contributed by atoms with Gasteiger partial charge in [0, 0.05) is 38.4 Å². The molecule has 4 nitrogen and oxygen atoms in total. The third-order valence-corrected chi connectivity index (χ3v) is 4.39. The Balaban J connectivity index is 0.00000225. The van der Waals surface area contributed by atoms with Crippen LogP contribution in [0.5, 0.6) is 5.75 Å². The van der Waals surface area contributed by atoms with Crippen molar-refractivity contribution in [3.8, 4) is 5.75 Å². The number of hydrogen-bond acceptors (Lipinski definition) is 4. The number of aliphatic hydroxyl groups excluding tert-OH is 1.